The molecular weight excluding hydrogens is 212 g/mol. The van der Waals surface area contributed by atoms with Gasteiger partial charge >= 0.3 is 0 Å². The highest BCUT2D eigenvalue weighted by atomic mass is 16.5. The summed E-state index contributed by atoms with van der Waals surface area (Å²) in [5.41, 5.74) is 7.82. The van der Waals surface area contributed by atoms with E-state index in [2.05, 4.69) is 32.9 Å². The molecule has 1 aromatic rings. The van der Waals surface area contributed by atoms with Gasteiger partial charge in [-0.15, -0.1) is 0 Å². The van der Waals surface area contributed by atoms with E-state index in [1.807, 2.05) is 19.1 Å². The Morgan fingerprint density at radius 1 is 1.41 bits per heavy atom. The first-order valence-electron chi connectivity index (χ1n) is 5.73. The number of nitriles is 1. The minimum atomic E-state index is -0.580. The molecule has 0 radical (unpaired) electrons. The first-order valence-corrected chi connectivity index (χ1v) is 5.73. The third-order valence-corrected chi connectivity index (χ3v) is 2.53. The topological polar surface area (TPSA) is 59.0 Å². The number of hydrogen-bond donors (Lipinski definition) is 1. The fraction of sp³-hybridized carbons (Fsp3) is 0.500. The van der Waals surface area contributed by atoms with Gasteiger partial charge in [-0.05, 0) is 29.5 Å². The molecule has 1 aromatic carbocycles. The fourth-order valence-corrected chi connectivity index (χ4v) is 1.59. The highest BCUT2D eigenvalue weighted by molar-refractivity contribution is 5.41. The molecule has 0 aliphatic heterocycles. The summed E-state index contributed by atoms with van der Waals surface area (Å²) in [6.07, 6.45) is 0. The van der Waals surface area contributed by atoms with E-state index in [0.717, 1.165) is 16.9 Å². The van der Waals surface area contributed by atoms with E-state index < -0.39 is 6.04 Å². The molecule has 3 nitrogen and oxygen atoms in total. The van der Waals surface area contributed by atoms with Crippen molar-refractivity contribution < 1.29 is 4.74 Å². The van der Waals surface area contributed by atoms with Crippen molar-refractivity contribution in [1.29, 1.82) is 5.26 Å². The SMILES string of the molecule is Cc1ccc(C(C)(C)C)c(OCC(N)C#N)c1. The van der Waals surface area contributed by atoms with E-state index in [0.29, 0.717) is 0 Å². The molecule has 0 fully saturated rings. The number of benzene rings is 1. The monoisotopic (exact) mass is 232 g/mol. The highest BCUT2D eigenvalue weighted by Crippen LogP contribution is 2.32. The Morgan fingerprint density at radius 2 is 2.06 bits per heavy atom. The van der Waals surface area contributed by atoms with Crippen molar-refractivity contribution in [2.24, 2.45) is 5.73 Å². The van der Waals surface area contributed by atoms with Crippen LogP contribution in [-0.4, -0.2) is 12.6 Å². The Labute approximate surface area is 103 Å². The average Bonchev–Trinajstić information content (AvgIpc) is 2.24. The van der Waals surface area contributed by atoms with Crippen LogP contribution in [0.5, 0.6) is 5.75 Å². The Kier molecular flexibility index (Phi) is 4.14. The van der Waals surface area contributed by atoms with Crippen molar-refractivity contribution in [2.75, 3.05) is 6.61 Å². The zero-order valence-electron chi connectivity index (χ0n) is 10.9. The standard InChI is InChI=1S/C14H20N2O/c1-10-5-6-12(14(2,3)4)13(7-10)17-9-11(16)8-15/h5-7,11H,9,16H2,1-4H3. The van der Waals surface area contributed by atoms with Crippen LogP contribution in [0.2, 0.25) is 0 Å². The molecule has 0 amide bonds. The van der Waals surface area contributed by atoms with Crippen molar-refractivity contribution in [3.63, 3.8) is 0 Å². The zero-order valence-corrected chi connectivity index (χ0v) is 10.9. The number of hydrogen-bond acceptors (Lipinski definition) is 3. The lowest BCUT2D eigenvalue weighted by Crippen LogP contribution is -2.26. The lowest BCUT2D eigenvalue weighted by Gasteiger charge is -2.23. The molecule has 0 aliphatic carbocycles. The third-order valence-electron chi connectivity index (χ3n) is 2.53. The van der Waals surface area contributed by atoms with Crippen molar-refractivity contribution in [1.82, 2.24) is 0 Å². The second-order valence-electron chi connectivity index (χ2n) is 5.30. The van der Waals surface area contributed by atoms with Gasteiger partial charge in [0.25, 0.3) is 0 Å². The van der Waals surface area contributed by atoms with Crippen LogP contribution in [0.3, 0.4) is 0 Å². The summed E-state index contributed by atoms with van der Waals surface area (Å²) in [4.78, 5) is 0. The summed E-state index contributed by atoms with van der Waals surface area (Å²) >= 11 is 0. The van der Waals surface area contributed by atoms with Crippen LogP contribution in [0.4, 0.5) is 0 Å². The summed E-state index contributed by atoms with van der Waals surface area (Å²) in [6.45, 7) is 8.64. The fourth-order valence-electron chi connectivity index (χ4n) is 1.59. The molecule has 0 saturated heterocycles. The average molecular weight is 232 g/mol. The van der Waals surface area contributed by atoms with Crippen LogP contribution in [0.1, 0.15) is 31.9 Å². The number of nitrogens with two attached hydrogens (primary N) is 1. The van der Waals surface area contributed by atoms with Crippen LogP contribution in [0.15, 0.2) is 18.2 Å². The summed E-state index contributed by atoms with van der Waals surface area (Å²) in [5, 5.41) is 8.64. The van der Waals surface area contributed by atoms with Crippen molar-refractivity contribution >= 4 is 0 Å². The van der Waals surface area contributed by atoms with Crippen LogP contribution < -0.4 is 10.5 Å². The molecule has 1 unspecified atom stereocenters. The second-order valence-corrected chi connectivity index (χ2v) is 5.30. The second kappa shape index (κ2) is 5.20. The molecule has 92 valence electrons. The molecule has 1 atom stereocenters. The van der Waals surface area contributed by atoms with Gasteiger partial charge in [0, 0.05) is 0 Å². The van der Waals surface area contributed by atoms with E-state index >= 15 is 0 Å². The van der Waals surface area contributed by atoms with Crippen molar-refractivity contribution in [3.8, 4) is 11.8 Å². The minimum Gasteiger partial charge on any atom is -0.491 e. The van der Waals surface area contributed by atoms with Crippen molar-refractivity contribution in [3.05, 3.63) is 29.3 Å². The molecule has 0 saturated carbocycles. The zero-order chi connectivity index (χ0) is 13.1. The minimum absolute atomic E-state index is 0.0137. The first kappa shape index (κ1) is 13.5. The summed E-state index contributed by atoms with van der Waals surface area (Å²) in [7, 11) is 0. The quantitative estimate of drug-likeness (QED) is 0.871. The van der Waals surface area contributed by atoms with Gasteiger partial charge in [-0.2, -0.15) is 5.26 Å². The maximum atomic E-state index is 8.64. The van der Waals surface area contributed by atoms with E-state index in [1.54, 1.807) is 0 Å². The number of aryl methyl sites for hydroxylation is 1. The first-order chi connectivity index (χ1) is 7.84. The van der Waals surface area contributed by atoms with Crippen LogP contribution in [0.25, 0.3) is 0 Å². The Morgan fingerprint density at radius 3 is 2.59 bits per heavy atom. The molecule has 0 bridgehead atoms. The van der Waals surface area contributed by atoms with Crippen molar-refractivity contribution in [2.45, 2.75) is 39.2 Å². The predicted molar refractivity (Wildman–Crippen MR) is 69.0 cm³/mol. The molecular formula is C14H20N2O. The molecule has 0 aromatic heterocycles. The number of nitrogens with zero attached hydrogens (tertiary/aromatic N) is 1. The lowest BCUT2D eigenvalue weighted by molar-refractivity contribution is 0.300. The van der Waals surface area contributed by atoms with Gasteiger partial charge in [0.1, 0.15) is 18.4 Å². The predicted octanol–water partition coefficient (Wildman–Crippen LogP) is 2.52. The summed E-state index contributed by atoms with van der Waals surface area (Å²) in [5.74, 6) is 0.822. The Balaban J connectivity index is 2.97. The van der Waals surface area contributed by atoms with Gasteiger partial charge in [0.15, 0.2) is 0 Å². The van der Waals surface area contributed by atoms with E-state index in [1.165, 1.54) is 0 Å². The lowest BCUT2D eigenvalue weighted by atomic mass is 9.86. The van der Waals surface area contributed by atoms with E-state index in [9.17, 15) is 0 Å². The normalized spacial score (nSPS) is 12.9. The molecule has 3 heteroatoms. The van der Waals surface area contributed by atoms with Gasteiger partial charge in [0.05, 0.1) is 6.07 Å². The van der Waals surface area contributed by atoms with Gasteiger partial charge < -0.3 is 10.5 Å². The number of ether oxygens (including phenoxy) is 1. The molecule has 17 heavy (non-hydrogen) atoms. The number of rotatable bonds is 3. The van der Waals surface area contributed by atoms with Gasteiger partial charge in [0.2, 0.25) is 0 Å². The van der Waals surface area contributed by atoms with Gasteiger partial charge in [-0.25, -0.2) is 0 Å². The molecule has 0 heterocycles. The van der Waals surface area contributed by atoms with Gasteiger partial charge in [-0.1, -0.05) is 32.9 Å². The molecule has 2 N–H and O–H groups in total. The van der Waals surface area contributed by atoms with Gasteiger partial charge in [-0.3, -0.25) is 0 Å². The maximum Gasteiger partial charge on any atom is 0.127 e. The Bertz CT molecular complexity index is 427. The highest BCUT2D eigenvalue weighted by Gasteiger charge is 2.19. The van der Waals surface area contributed by atoms with E-state index in [-0.39, 0.29) is 12.0 Å². The summed E-state index contributed by atoms with van der Waals surface area (Å²) < 4.78 is 5.65. The molecule has 0 aliphatic rings. The van der Waals surface area contributed by atoms with Crippen LogP contribution in [-0.2, 0) is 5.41 Å². The van der Waals surface area contributed by atoms with Crippen LogP contribution >= 0.6 is 0 Å². The molecule has 0 spiro atoms. The Hall–Kier alpha value is -1.53. The molecule has 1 rings (SSSR count). The van der Waals surface area contributed by atoms with Crippen LogP contribution in [0, 0.1) is 18.3 Å². The van der Waals surface area contributed by atoms with E-state index in [4.69, 9.17) is 15.7 Å². The summed E-state index contributed by atoms with van der Waals surface area (Å²) in [6, 6.07) is 7.51. The smallest absolute Gasteiger partial charge is 0.127 e. The largest absolute Gasteiger partial charge is 0.491 e. The third kappa shape index (κ3) is 3.76. The maximum absolute atomic E-state index is 8.64.